The first-order chi connectivity index (χ1) is 5.59. The second-order valence-electron chi connectivity index (χ2n) is 2.12. The summed E-state index contributed by atoms with van der Waals surface area (Å²) in [6.45, 7) is 0. The summed E-state index contributed by atoms with van der Waals surface area (Å²) in [6.07, 6.45) is 0. The average molecular weight is 294 g/mol. The maximum Gasteiger partial charge on any atom is 0.316 e. The number of nitrogens with two attached hydrogens (primary N) is 1. The van der Waals surface area contributed by atoms with E-state index in [-0.39, 0.29) is 0 Å². The molecule has 0 saturated carbocycles. The third-order valence-electron chi connectivity index (χ3n) is 1.19. The van der Waals surface area contributed by atoms with Crippen LogP contribution in [0.2, 0.25) is 0 Å². The zero-order chi connectivity index (χ0) is 9.14. The van der Waals surface area contributed by atoms with Crippen LogP contribution < -0.4 is 11.1 Å². The van der Waals surface area contributed by atoms with Crippen molar-refractivity contribution in [2.45, 2.75) is 0 Å². The number of urea groups is 1. The molecule has 0 unspecified atom stereocenters. The number of primary amides is 1. The highest BCUT2D eigenvalue weighted by Gasteiger charge is 1.99. The summed E-state index contributed by atoms with van der Waals surface area (Å²) >= 11 is 6.60. The molecule has 0 aliphatic carbocycles. The van der Waals surface area contributed by atoms with Crippen molar-refractivity contribution in [1.29, 1.82) is 0 Å². The van der Waals surface area contributed by atoms with Crippen LogP contribution in [0.25, 0.3) is 0 Å². The molecule has 1 aromatic carbocycles. The van der Waals surface area contributed by atoms with E-state index in [9.17, 15) is 4.79 Å². The lowest BCUT2D eigenvalue weighted by atomic mass is 10.3. The Kier molecular flexibility index (Phi) is 3.11. The van der Waals surface area contributed by atoms with E-state index in [0.717, 1.165) is 8.95 Å². The molecule has 0 bridgehead atoms. The quantitative estimate of drug-likeness (QED) is 0.822. The van der Waals surface area contributed by atoms with Crippen LogP contribution in [0.1, 0.15) is 0 Å². The molecule has 12 heavy (non-hydrogen) atoms. The lowest BCUT2D eigenvalue weighted by molar-refractivity contribution is 0.259. The summed E-state index contributed by atoms with van der Waals surface area (Å²) < 4.78 is 1.80. The van der Waals surface area contributed by atoms with Gasteiger partial charge in [-0.25, -0.2) is 4.79 Å². The molecule has 1 rings (SSSR count). The third-order valence-corrected chi connectivity index (χ3v) is 3.07. The SMILES string of the molecule is NC(=O)Nc1ccc(Br)c(Br)c1. The Labute approximate surface area is 86.6 Å². The molecule has 0 spiro atoms. The maximum atomic E-state index is 10.4. The van der Waals surface area contributed by atoms with Gasteiger partial charge in [0.1, 0.15) is 0 Å². The number of nitrogens with one attached hydrogen (secondary N) is 1. The van der Waals surface area contributed by atoms with Gasteiger partial charge in [0.2, 0.25) is 0 Å². The Morgan fingerprint density at radius 3 is 2.50 bits per heavy atom. The number of anilines is 1. The lowest BCUT2D eigenvalue weighted by Gasteiger charge is -2.02. The molecule has 0 atom stereocenters. The van der Waals surface area contributed by atoms with Crippen molar-refractivity contribution < 1.29 is 4.79 Å². The number of carbonyl (C=O) groups is 1. The van der Waals surface area contributed by atoms with Crippen LogP contribution in [0.15, 0.2) is 27.1 Å². The van der Waals surface area contributed by atoms with E-state index >= 15 is 0 Å². The van der Waals surface area contributed by atoms with E-state index < -0.39 is 6.03 Å². The minimum Gasteiger partial charge on any atom is -0.351 e. The van der Waals surface area contributed by atoms with Gasteiger partial charge in [-0.2, -0.15) is 0 Å². The first kappa shape index (κ1) is 9.54. The van der Waals surface area contributed by atoms with Gasteiger partial charge < -0.3 is 11.1 Å². The van der Waals surface area contributed by atoms with Gasteiger partial charge in [-0.3, -0.25) is 0 Å². The van der Waals surface area contributed by atoms with Gasteiger partial charge in [-0.1, -0.05) is 0 Å². The van der Waals surface area contributed by atoms with Crippen LogP contribution in [0.5, 0.6) is 0 Å². The van der Waals surface area contributed by atoms with Crippen LogP contribution >= 0.6 is 31.9 Å². The van der Waals surface area contributed by atoms with E-state index in [1.807, 2.05) is 6.07 Å². The molecule has 0 fully saturated rings. The van der Waals surface area contributed by atoms with E-state index in [1.165, 1.54) is 0 Å². The van der Waals surface area contributed by atoms with Gasteiger partial charge >= 0.3 is 6.03 Å². The zero-order valence-corrected chi connectivity index (χ0v) is 9.15. The molecule has 1 aromatic rings. The predicted molar refractivity (Wildman–Crippen MR) is 55.0 cm³/mol. The summed E-state index contributed by atoms with van der Waals surface area (Å²) in [7, 11) is 0. The summed E-state index contributed by atoms with van der Waals surface area (Å²) in [5, 5.41) is 2.46. The standard InChI is InChI=1S/C7H6Br2N2O/c8-5-2-1-4(3-6(5)9)11-7(10)12/h1-3H,(H3,10,11,12). The highest BCUT2D eigenvalue weighted by molar-refractivity contribution is 9.13. The van der Waals surface area contributed by atoms with Crippen molar-refractivity contribution in [2.75, 3.05) is 5.32 Å². The number of amides is 2. The molecular formula is C7H6Br2N2O. The number of carbonyl (C=O) groups excluding carboxylic acids is 1. The minimum absolute atomic E-state index is 0.566. The molecule has 3 nitrogen and oxygen atoms in total. The Hall–Kier alpha value is -0.550. The second-order valence-corrected chi connectivity index (χ2v) is 3.83. The van der Waals surface area contributed by atoms with E-state index in [2.05, 4.69) is 37.2 Å². The molecule has 3 N–H and O–H groups in total. The van der Waals surface area contributed by atoms with Gasteiger partial charge in [0.15, 0.2) is 0 Å². The van der Waals surface area contributed by atoms with Crippen LogP contribution in [-0.4, -0.2) is 6.03 Å². The minimum atomic E-state index is -0.566. The molecular weight excluding hydrogens is 288 g/mol. The Balaban J connectivity index is 2.89. The summed E-state index contributed by atoms with van der Waals surface area (Å²) in [4.78, 5) is 10.4. The largest absolute Gasteiger partial charge is 0.351 e. The highest BCUT2D eigenvalue weighted by Crippen LogP contribution is 2.25. The fourth-order valence-electron chi connectivity index (χ4n) is 0.716. The zero-order valence-electron chi connectivity index (χ0n) is 5.97. The van der Waals surface area contributed by atoms with E-state index in [0.29, 0.717) is 5.69 Å². The molecule has 0 radical (unpaired) electrons. The van der Waals surface area contributed by atoms with Crippen molar-refractivity contribution in [3.8, 4) is 0 Å². The monoisotopic (exact) mass is 292 g/mol. The molecule has 0 saturated heterocycles. The fraction of sp³-hybridized carbons (Fsp3) is 0. The van der Waals surface area contributed by atoms with Crippen LogP contribution in [0.4, 0.5) is 10.5 Å². The number of hydrogen-bond acceptors (Lipinski definition) is 1. The van der Waals surface area contributed by atoms with Crippen molar-refractivity contribution in [3.05, 3.63) is 27.1 Å². The topological polar surface area (TPSA) is 55.1 Å². The van der Waals surface area contributed by atoms with Crippen molar-refractivity contribution in [2.24, 2.45) is 5.73 Å². The van der Waals surface area contributed by atoms with E-state index in [4.69, 9.17) is 5.73 Å². The van der Waals surface area contributed by atoms with Crippen LogP contribution in [0, 0.1) is 0 Å². The van der Waals surface area contributed by atoms with Crippen LogP contribution in [-0.2, 0) is 0 Å². The smallest absolute Gasteiger partial charge is 0.316 e. The number of benzene rings is 1. The summed E-state index contributed by atoms with van der Waals surface area (Å²) in [5.41, 5.74) is 5.60. The Morgan fingerprint density at radius 2 is 2.00 bits per heavy atom. The second kappa shape index (κ2) is 3.91. The first-order valence-electron chi connectivity index (χ1n) is 3.11. The third kappa shape index (κ3) is 2.49. The molecule has 5 heteroatoms. The van der Waals surface area contributed by atoms with Crippen molar-refractivity contribution in [1.82, 2.24) is 0 Å². The van der Waals surface area contributed by atoms with Gasteiger partial charge in [0, 0.05) is 14.6 Å². The predicted octanol–water partition coefficient (Wildman–Crippen LogP) is 2.70. The number of rotatable bonds is 1. The van der Waals surface area contributed by atoms with Gasteiger partial charge in [-0.15, -0.1) is 0 Å². The number of halogens is 2. The van der Waals surface area contributed by atoms with Gasteiger partial charge in [0.05, 0.1) is 0 Å². The summed E-state index contributed by atoms with van der Waals surface area (Å²) in [5.74, 6) is 0. The Morgan fingerprint density at radius 1 is 1.33 bits per heavy atom. The fourth-order valence-corrected chi connectivity index (χ4v) is 1.34. The summed E-state index contributed by atoms with van der Waals surface area (Å²) in [6, 6.07) is 4.76. The molecule has 0 heterocycles. The lowest BCUT2D eigenvalue weighted by Crippen LogP contribution is -2.19. The van der Waals surface area contributed by atoms with Crippen molar-refractivity contribution in [3.63, 3.8) is 0 Å². The number of hydrogen-bond donors (Lipinski definition) is 2. The molecule has 2 amide bonds. The van der Waals surface area contributed by atoms with Crippen LogP contribution in [0.3, 0.4) is 0 Å². The first-order valence-corrected chi connectivity index (χ1v) is 4.69. The molecule has 0 aliphatic heterocycles. The molecule has 0 aromatic heterocycles. The van der Waals surface area contributed by atoms with Gasteiger partial charge in [0.25, 0.3) is 0 Å². The van der Waals surface area contributed by atoms with E-state index in [1.54, 1.807) is 12.1 Å². The maximum absolute atomic E-state index is 10.4. The molecule has 64 valence electrons. The van der Waals surface area contributed by atoms with Gasteiger partial charge in [-0.05, 0) is 50.1 Å². The Bertz CT molecular complexity index is 314. The van der Waals surface area contributed by atoms with Crippen molar-refractivity contribution >= 4 is 43.6 Å². The highest BCUT2D eigenvalue weighted by atomic mass is 79.9. The molecule has 0 aliphatic rings. The average Bonchev–Trinajstić information content (AvgIpc) is 1.96. The normalized spacial score (nSPS) is 9.50.